The molecule has 0 aliphatic carbocycles. The van der Waals surface area contributed by atoms with Crippen molar-refractivity contribution in [3.63, 3.8) is 0 Å². The van der Waals surface area contributed by atoms with Crippen LogP contribution in [0.5, 0.6) is 0 Å². The number of benzene rings is 1. The topological polar surface area (TPSA) is 52.5 Å². The molecule has 0 atom stereocenters. The molecule has 0 radical (unpaired) electrons. The third-order valence-corrected chi connectivity index (χ3v) is 1.96. The Morgan fingerprint density at radius 3 is 3.08 bits per heavy atom. The van der Waals surface area contributed by atoms with E-state index in [1.165, 1.54) is 6.33 Å². The second kappa shape index (κ2) is 2.50. The number of H-pyrrole nitrogens is 1. The van der Waals surface area contributed by atoms with E-state index >= 15 is 0 Å². The lowest BCUT2D eigenvalue weighted by atomic mass is 10.2. The van der Waals surface area contributed by atoms with Gasteiger partial charge in [0.1, 0.15) is 11.6 Å². The summed E-state index contributed by atoms with van der Waals surface area (Å²) in [6.07, 6.45) is 1.53. The molecule has 0 saturated heterocycles. The zero-order chi connectivity index (χ0) is 8.55. The number of imidazole rings is 1. The molecule has 0 fully saturated rings. The maximum atomic E-state index is 8.70. The third-order valence-electron chi connectivity index (χ3n) is 1.65. The minimum Gasteiger partial charge on any atom is -0.343 e. The van der Waals surface area contributed by atoms with E-state index in [1.54, 1.807) is 12.1 Å². The van der Waals surface area contributed by atoms with Gasteiger partial charge in [-0.15, -0.1) is 0 Å². The summed E-state index contributed by atoms with van der Waals surface area (Å²) >= 11 is 5.84. The Bertz CT molecular complexity index is 467. The van der Waals surface area contributed by atoms with Gasteiger partial charge in [-0.2, -0.15) is 5.26 Å². The van der Waals surface area contributed by atoms with Gasteiger partial charge in [0.25, 0.3) is 0 Å². The zero-order valence-electron chi connectivity index (χ0n) is 6.00. The maximum Gasteiger partial charge on any atom is 0.108 e. The fraction of sp³-hybridized carbons (Fsp3) is 0. The summed E-state index contributed by atoms with van der Waals surface area (Å²) in [6.45, 7) is 0. The summed E-state index contributed by atoms with van der Waals surface area (Å²) in [6, 6.07) is 5.39. The highest BCUT2D eigenvalue weighted by molar-refractivity contribution is 6.35. The molecular formula is C8H4ClN3. The SMILES string of the molecule is N#Cc1ccc(Cl)c2nc[nH]c12. The van der Waals surface area contributed by atoms with Crippen molar-refractivity contribution < 1.29 is 0 Å². The molecule has 0 saturated carbocycles. The molecule has 0 unspecified atom stereocenters. The van der Waals surface area contributed by atoms with Gasteiger partial charge < -0.3 is 4.98 Å². The van der Waals surface area contributed by atoms with Gasteiger partial charge in [0.15, 0.2) is 0 Å². The lowest BCUT2D eigenvalue weighted by Gasteiger charge is -1.93. The molecule has 0 aliphatic heterocycles. The second-order valence-electron chi connectivity index (χ2n) is 2.33. The number of rotatable bonds is 0. The van der Waals surface area contributed by atoms with E-state index in [2.05, 4.69) is 16.0 Å². The number of aromatic nitrogens is 2. The summed E-state index contributed by atoms with van der Waals surface area (Å²) in [5.41, 5.74) is 1.91. The van der Waals surface area contributed by atoms with E-state index < -0.39 is 0 Å². The average molecular weight is 178 g/mol. The number of aromatic amines is 1. The zero-order valence-corrected chi connectivity index (χ0v) is 6.76. The number of nitrogens with one attached hydrogen (secondary N) is 1. The van der Waals surface area contributed by atoms with Crippen LogP contribution in [0.15, 0.2) is 18.5 Å². The van der Waals surface area contributed by atoms with Crippen molar-refractivity contribution in [2.75, 3.05) is 0 Å². The van der Waals surface area contributed by atoms with Crippen molar-refractivity contribution in [1.29, 1.82) is 5.26 Å². The van der Waals surface area contributed by atoms with Crippen LogP contribution in [0, 0.1) is 11.3 Å². The molecule has 1 aromatic carbocycles. The Morgan fingerprint density at radius 2 is 2.33 bits per heavy atom. The minimum absolute atomic E-state index is 0.560. The van der Waals surface area contributed by atoms with E-state index in [9.17, 15) is 0 Å². The van der Waals surface area contributed by atoms with Gasteiger partial charge in [0, 0.05) is 0 Å². The molecule has 58 valence electrons. The Labute approximate surface area is 73.6 Å². The quantitative estimate of drug-likeness (QED) is 0.670. The fourth-order valence-corrected chi connectivity index (χ4v) is 1.30. The fourth-order valence-electron chi connectivity index (χ4n) is 1.09. The number of fused-ring (bicyclic) bond motifs is 1. The molecule has 12 heavy (non-hydrogen) atoms. The number of hydrogen-bond donors (Lipinski definition) is 1. The van der Waals surface area contributed by atoms with Crippen molar-refractivity contribution in [2.45, 2.75) is 0 Å². The minimum atomic E-state index is 0.560. The van der Waals surface area contributed by atoms with Gasteiger partial charge in [-0.25, -0.2) is 4.98 Å². The number of hydrogen-bond acceptors (Lipinski definition) is 2. The van der Waals surface area contributed by atoms with Crippen LogP contribution in [-0.4, -0.2) is 9.97 Å². The smallest absolute Gasteiger partial charge is 0.108 e. The predicted octanol–water partition coefficient (Wildman–Crippen LogP) is 2.09. The highest BCUT2D eigenvalue weighted by atomic mass is 35.5. The van der Waals surface area contributed by atoms with Crippen LogP contribution < -0.4 is 0 Å². The molecule has 2 aromatic rings. The number of halogens is 1. The van der Waals surface area contributed by atoms with E-state index in [0.717, 1.165) is 0 Å². The van der Waals surface area contributed by atoms with E-state index in [-0.39, 0.29) is 0 Å². The van der Waals surface area contributed by atoms with Crippen LogP contribution >= 0.6 is 11.6 Å². The number of nitriles is 1. The molecule has 2 rings (SSSR count). The molecule has 1 heterocycles. The van der Waals surface area contributed by atoms with Crippen molar-refractivity contribution in [3.05, 3.63) is 29.0 Å². The van der Waals surface area contributed by atoms with Gasteiger partial charge in [-0.1, -0.05) is 11.6 Å². The van der Waals surface area contributed by atoms with Gasteiger partial charge in [-0.05, 0) is 12.1 Å². The van der Waals surface area contributed by atoms with Crippen LogP contribution in [-0.2, 0) is 0 Å². The monoisotopic (exact) mass is 177 g/mol. The Balaban J connectivity index is 2.94. The molecule has 0 bridgehead atoms. The van der Waals surface area contributed by atoms with Crippen molar-refractivity contribution in [1.82, 2.24) is 9.97 Å². The van der Waals surface area contributed by atoms with Gasteiger partial charge in [0.05, 0.1) is 22.4 Å². The summed E-state index contributed by atoms with van der Waals surface area (Å²) in [4.78, 5) is 6.85. The summed E-state index contributed by atoms with van der Waals surface area (Å²) in [5, 5.41) is 9.26. The van der Waals surface area contributed by atoms with E-state index in [0.29, 0.717) is 21.6 Å². The molecule has 0 aliphatic rings. The third kappa shape index (κ3) is 0.858. The van der Waals surface area contributed by atoms with E-state index in [1.807, 2.05) is 0 Å². The Hall–Kier alpha value is -1.53. The van der Waals surface area contributed by atoms with Gasteiger partial charge >= 0.3 is 0 Å². The second-order valence-corrected chi connectivity index (χ2v) is 2.74. The van der Waals surface area contributed by atoms with Crippen molar-refractivity contribution >= 4 is 22.6 Å². The molecule has 1 N–H and O–H groups in total. The molecule has 3 nitrogen and oxygen atoms in total. The average Bonchev–Trinajstić information content (AvgIpc) is 2.54. The highest BCUT2D eigenvalue weighted by Gasteiger charge is 2.05. The summed E-state index contributed by atoms with van der Waals surface area (Å²) < 4.78 is 0. The molecular weight excluding hydrogens is 174 g/mol. The van der Waals surface area contributed by atoms with Gasteiger partial charge in [-0.3, -0.25) is 0 Å². The van der Waals surface area contributed by atoms with Crippen molar-refractivity contribution in [2.24, 2.45) is 0 Å². The standard InChI is InChI=1S/C8H4ClN3/c9-6-2-1-5(3-10)7-8(6)12-4-11-7/h1-2,4H,(H,11,12). The lowest BCUT2D eigenvalue weighted by molar-refractivity contribution is 1.34. The van der Waals surface area contributed by atoms with Crippen LogP contribution in [0.2, 0.25) is 5.02 Å². The normalized spacial score (nSPS) is 10.0. The summed E-state index contributed by atoms with van der Waals surface area (Å²) in [7, 11) is 0. The molecule has 4 heteroatoms. The molecule has 1 aromatic heterocycles. The lowest BCUT2D eigenvalue weighted by Crippen LogP contribution is -1.78. The molecule has 0 spiro atoms. The number of nitrogens with zero attached hydrogens (tertiary/aromatic N) is 2. The first-order chi connectivity index (χ1) is 5.83. The van der Waals surface area contributed by atoms with Gasteiger partial charge in [0.2, 0.25) is 0 Å². The first-order valence-corrected chi connectivity index (χ1v) is 3.72. The van der Waals surface area contributed by atoms with Crippen LogP contribution in [0.1, 0.15) is 5.56 Å². The van der Waals surface area contributed by atoms with Crippen molar-refractivity contribution in [3.8, 4) is 6.07 Å². The Kier molecular flexibility index (Phi) is 1.49. The van der Waals surface area contributed by atoms with Crippen LogP contribution in [0.25, 0.3) is 11.0 Å². The van der Waals surface area contributed by atoms with Crippen LogP contribution in [0.4, 0.5) is 0 Å². The van der Waals surface area contributed by atoms with E-state index in [4.69, 9.17) is 16.9 Å². The molecule has 0 amide bonds. The predicted molar refractivity (Wildman–Crippen MR) is 45.8 cm³/mol. The Morgan fingerprint density at radius 1 is 1.50 bits per heavy atom. The largest absolute Gasteiger partial charge is 0.343 e. The maximum absolute atomic E-state index is 8.70. The highest BCUT2D eigenvalue weighted by Crippen LogP contribution is 2.22. The summed E-state index contributed by atoms with van der Waals surface area (Å²) in [5.74, 6) is 0. The first kappa shape index (κ1) is 7.14. The van der Waals surface area contributed by atoms with Crippen LogP contribution in [0.3, 0.4) is 0 Å². The first-order valence-electron chi connectivity index (χ1n) is 3.34.